The summed E-state index contributed by atoms with van der Waals surface area (Å²) in [5.41, 5.74) is -0.951. The van der Waals surface area contributed by atoms with Gasteiger partial charge in [-0.05, 0) is 51.2 Å². The summed E-state index contributed by atoms with van der Waals surface area (Å²) in [6.07, 6.45) is 11.0. The number of halogens is 2. The standard InChI is InChI=1S/C17H24F2O2.C8H16O2/c1-17(2,16(20)10-7-12-5-3-4-6-12)21-15-11-13(18)8-9-14(15)19;1-3-4-5-6-7-8(9)10-2/h8-9,11-12,16,20H,3-7,10H2,1-2H3;3-7H2,1-2H3. The van der Waals surface area contributed by atoms with E-state index in [1.165, 1.54) is 45.6 Å². The molecule has 0 spiro atoms. The fourth-order valence-corrected chi connectivity index (χ4v) is 3.75. The van der Waals surface area contributed by atoms with Gasteiger partial charge in [-0.1, -0.05) is 51.9 Å². The number of hydrogen-bond donors (Lipinski definition) is 1. The highest BCUT2D eigenvalue weighted by molar-refractivity contribution is 5.68. The van der Waals surface area contributed by atoms with Gasteiger partial charge >= 0.3 is 5.97 Å². The number of esters is 1. The van der Waals surface area contributed by atoms with Crippen molar-refractivity contribution in [3.63, 3.8) is 0 Å². The maximum absolute atomic E-state index is 13.6. The van der Waals surface area contributed by atoms with E-state index in [1.807, 2.05) is 0 Å². The van der Waals surface area contributed by atoms with Gasteiger partial charge in [0.2, 0.25) is 0 Å². The minimum atomic E-state index is -0.951. The minimum Gasteiger partial charge on any atom is -0.482 e. The Balaban J connectivity index is 0.000000407. The van der Waals surface area contributed by atoms with E-state index < -0.39 is 23.3 Å². The van der Waals surface area contributed by atoms with Crippen molar-refractivity contribution >= 4 is 5.97 Å². The van der Waals surface area contributed by atoms with Crippen LogP contribution in [0.25, 0.3) is 0 Å². The number of unbranched alkanes of at least 4 members (excludes halogenated alkanes) is 3. The Morgan fingerprint density at radius 3 is 2.48 bits per heavy atom. The van der Waals surface area contributed by atoms with Crippen molar-refractivity contribution < 1.29 is 28.2 Å². The highest BCUT2D eigenvalue weighted by Gasteiger charge is 2.31. The maximum Gasteiger partial charge on any atom is 0.305 e. The van der Waals surface area contributed by atoms with E-state index in [2.05, 4.69) is 11.7 Å². The van der Waals surface area contributed by atoms with Crippen LogP contribution in [-0.4, -0.2) is 29.9 Å². The van der Waals surface area contributed by atoms with Crippen LogP contribution in [-0.2, 0) is 9.53 Å². The molecule has 178 valence electrons. The van der Waals surface area contributed by atoms with Gasteiger partial charge in [-0.3, -0.25) is 4.79 Å². The highest BCUT2D eigenvalue weighted by Crippen LogP contribution is 2.32. The lowest BCUT2D eigenvalue weighted by Gasteiger charge is -2.32. The molecule has 1 aromatic carbocycles. The van der Waals surface area contributed by atoms with Crippen LogP contribution >= 0.6 is 0 Å². The third kappa shape index (κ3) is 10.9. The fraction of sp³-hybridized carbons (Fsp3) is 0.720. The van der Waals surface area contributed by atoms with Gasteiger partial charge in [-0.25, -0.2) is 8.78 Å². The van der Waals surface area contributed by atoms with Crippen molar-refractivity contribution in [3.8, 4) is 5.75 Å². The van der Waals surface area contributed by atoms with Crippen LogP contribution in [0, 0.1) is 17.6 Å². The Labute approximate surface area is 186 Å². The monoisotopic (exact) mass is 442 g/mol. The van der Waals surface area contributed by atoms with Gasteiger partial charge in [-0.2, -0.15) is 0 Å². The highest BCUT2D eigenvalue weighted by atomic mass is 19.1. The van der Waals surface area contributed by atoms with Crippen molar-refractivity contribution in [1.82, 2.24) is 0 Å². The molecular weight excluding hydrogens is 402 g/mol. The van der Waals surface area contributed by atoms with Crippen LogP contribution in [0.5, 0.6) is 5.75 Å². The van der Waals surface area contributed by atoms with Gasteiger partial charge in [-0.15, -0.1) is 0 Å². The van der Waals surface area contributed by atoms with E-state index in [9.17, 15) is 18.7 Å². The summed E-state index contributed by atoms with van der Waals surface area (Å²) >= 11 is 0. The number of carbonyl (C=O) groups is 1. The molecule has 0 saturated heterocycles. The summed E-state index contributed by atoms with van der Waals surface area (Å²) in [5.74, 6) is -0.729. The van der Waals surface area contributed by atoms with Crippen molar-refractivity contribution in [1.29, 1.82) is 0 Å². The third-order valence-corrected chi connectivity index (χ3v) is 5.85. The lowest BCUT2D eigenvalue weighted by Crippen LogP contribution is -2.42. The van der Waals surface area contributed by atoms with Crippen molar-refractivity contribution in [3.05, 3.63) is 29.8 Å². The van der Waals surface area contributed by atoms with Crippen molar-refractivity contribution in [2.24, 2.45) is 5.92 Å². The molecule has 1 atom stereocenters. The Morgan fingerprint density at radius 1 is 1.19 bits per heavy atom. The minimum absolute atomic E-state index is 0.0869. The summed E-state index contributed by atoms with van der Waals surface area (Å²) in [4.78, 5) is 10.6. The first kappa shape index (κ1) is 27.3. The van der Waals surface area contributed by atoms with Crippen molar-refractivity contribution in [2.45, 2.75) is 103 Å². The average Bonchev–Trinajstić information content (AvgIpc) is 3.26. The number of aliphatic hydroxyl groups is 1. The molecule has 1 saturated carbocycles. The topological polar surface area (TPSA) is 55.8 Å². The molecule has 0 aromatic heterocycles. The van der Waals surface area contributed by atoms with E-state index in [0.717, 1.165) is 37.5 Å². The first-order valence-corrected chi connectivity index (χ1v) is 11.6. The maximum atomic E-state index is 13.6. The summed E-state index contributed by atoms with van der Waals surface area (Å²) in [6, 6.07) is 3.10. The molecule has 6 heteroatoms. The van der Waals surface area contributed by atoms with E-state index in [0.29, 0.717) is 18.8 Å². The van der Waals surface area contributed by atoms with Gasteiger partial charge in [0.15, 0.2) is 11.6 Å². The van der Waals surface area contributed by atoms with E-state index >= 15 is 0 Å². The Morgan fingerprint density at radius 2 is 1.87 bits per heavy atom. The first-order chi connectivity index (χ1) is 14.7. The van der Waals surface area contributed by atoms with Crippen LogP contribution < -0.4 is 4.74 Å². The normalized spacial score (nSPS) is 15.2. The lowest BCUT2D eigenvalue weighted by molar-refractivity contribution is -0.140. The SMILES string of the molecule is CC(C)(Oc1cc(F)ccc1F)C(O)CCC1CCCC1.CCCCCCC(=O)OC. The zero-order chi connectivity index (χ0) is 23.3. The van der Waals surface area contributed by atoms with Crippen molar-refractivity contribution in [2.75, 3.05) is 7.11 Å². The number of rotatable bonds is 11. The molecule has 0 heterocycles. The number of aliphatic hydroxyl groups excluding tert-OH is 1. The number of hydrogen-bond acceptors (Lipinski definition) is 4. The zero-order valence-electron chi connectivity index (χ0n) is 19.6. The summed E-state index contributed by atoms with van der Waals surface area (Å²) in [7, 11) is 1.43. The first-order valence-electron chi connectivity index (χ1n) is 11.6. The Hall–Kier alpha value is -1.69. The second-order valence-electron chi connectivity index (χ2n) is 8.91. The second kappa shape index (κ2) is 14.4. The third-order valence-electron chi connectivity index (χ3n) is 5.85. The number of benzene rings is 1. The number of methoxy groups -OCH3 is 1. The van der Waals surface area contributed by atoms with E-state index in [1.54, 1.807) is 13.8 Å². The summed E-state index contributed by atoms with van der Waals surface area (Å²) < 4.78 is 36.8. The summed E-state index contributed by atoms with van der Waals surface area (Å²) in [6.45, 7) is 5.56. The number of ether oxygens (including phenoxy) is 2. The Bertz CT molecular complexity index is 642. The molecule has 0 radical (unpaired) electrons. The van der Waals surface area contributed by atoms with Crippen LogP contribution in [0.3, 0.4) is 0 Å². The molecule has 4 nitrogen and oxygen atoms in total. The quantitative estimate of drug-likeness (QED) is 0.310. The zero-order valence-corrected chi connectivity index (χ0v) is 19.6. The van der Waals surface area contributed by atoms with E-state index in [-0.39, 0.29) is 11.7 Å². The predicted octanol–water partition coefficient (Wildman–Crippen LogP) is 6.58. The molecular formula is C25H40F2O4. The molecule has 1 aromatic rings. The van der Waals surface area contributed by atoms with Gasteiger partial charge in [0.25, 0.3) is 0 Å². The smallest absolute Gasteiger partial charge is 0.305 e. The molecule has 1 unspecified atom stereocenters. The van der Waals surface area contributed by atoms with Crippen LogP contribution in [0.2, 0.25) is 0 Å². The molecule has 1 fully saturated rings. The predicted molar refractivity (Wildman–Crippen MR) is 119 cm³/mol. The van der Waals surface area contributed by atoms with Gasteiger partial charge < -0.3 is 14.6 Å². The largest absolute Gasteiger partial charge is 0.482 e. The van der Waals surface area contributed by atoms with Crippen LogP contribution in [0.1, 0.15) is 91.4 Å². The lowest BCUT2D eigenvalue weighted by atomic mass is 9.92. The molecule has 0 aliphatic heterocycles. The van der Waals surface area contributed by atoms with Gasteiger partial charge in [0.1, 0.15) is 11.4 Å². The molecule has 31 heavy (non-hydrogen) atoms. The van der Waals surface area contributed by atoms with Crippen LogP contribution in [0.4, 0.5) is 8.78 Å². The van der Waals surface area contributed by atoms with Crippen LogP contribution in [0.15, 0.2) is 18.2 Å². The molecule has 1 aliphatic rings. The fourth-order valence-electron chi connectivity index (χ4n) is 3.75. The van der Waals surface area contributed by atoms with E-state index in [4.69, 9.17) is 4.74 Å². The van der Waals surface area contributed by atoms with Gasteiger partial charge in [0.05, 0.1) is 13.2 Å². The second-order valence-corrected chi connectivity index (χ2v) is 8.91. The van der Waals surface area contributed by atoms with Gasteiger partial charge in [0, 0.05) is 12.5 Å². The molecule has 2 rings (SSSR count). The average molecular weight is 443 g/mol. The number of carbonyl (C=O) groups excluding carboxylic acids is 1. The molecule has 0 bridgehead atoms. The summed E-state index contributed by atoms with van der Waals surface area (Å²) in [5, 5.41) is 10.3. The molecule has 0 amide bonds. The Kier molecular flexibility index (Phi) is 12.7. The molecule has 1 N–H and O–H groups in total. The molecule has 1 aliphatic carbocycles.